The van der Waals surface area contributed by atoms with Gasteiger partial charge in [-0.25, -0.2) is 9.97 Å². The molecular weight excluding hydrogens is 290 g/mol. The molecule has 1 saturated heterocycles. The molecule has 1 unspecified atom stereocenters. The summed E-state index contributed by atoms with van der Waals surface area (Å²) in [6.45, 7) is 4.25. The van der Waals surface area contributed by atoms with Gasteiger partial charge in [0.2, 0.25) is 5.28 Å². The standard InChI is InChI=1S/C15H22ClN3O2/c1-11-10-21-8-7-19(11)13-9-12(17-14(16)18-13)15(20)5-3-2-4-6-15/h9,11,20H,2-8,10H2,1H3. The van der Waals surface area contributed by atoms with Crippen LogP contribution >= 0.6 is 11.6 Å². The molecule has 3 rings (SSSR count). The van der Waals surface area contributed by atoms with Gasteiger partial charge in [0.05, 0.1) is 24.9 Å². The van der Waals surface area contributed by atoms with Gasteiger partial charge in [-0.15, -0.1) is 0 Å². The Labute approximate surface area is 130 Å². The van der Waals surface area contributed by atoms with Crippen molar-refractivity contribution in [2.75, 3.05) is 24.7 Å². The minimum atomic E-state index is -0.852. The van der Waals surface area contributed by atoms with Gasteiger partial charge in [-0.05, 0) is 31.4 Å². The minimum Gasteiger partial charge on any atom is -0.384 e. The van der Waals surface area contributed by atoms with Crippen LogP contribution in [0.1, 0.15) is 44.7 Å². The maximum atomic E-state index is 10.9. The van der Waals surface area contributed by atoms with Crippen molar-refractivity contribution in [3.8, 4) is 0 Å². The Hall–Kier alpha value is -0.910. The summed E-state index contributed by atoms with van der Waals surface area (Å²) in [5.41, 5.74) is -0.189. The van der Waals surface area contributed by atoms with Crippen LogP contribution in [-0.2, 0) is 10.3 Å². The highest BCUT2D eigenvalue weighted by Gasteiger charge is 2.34. The number of ether oxygens (including phenoxy) is 1. The van der Waals surface area contributed by atoms with Crippen molar-refractivity contribution in [3.63, 3.8) is 0 Å². The molecular formula is C15H22ClN3O2. The van der Waals surface area contributed by atoms with Crippen LogP contribution in [-0.4, -0.2) is 40.9 Å². The smallest absolute Gasteiger partial charge is 0.224 e. The number of rotatable bonds is 2. The molecule has 0 radical (unpaired) electrons. The van der Waals surface area contributed by atoms with E-state index in [-0.39, 0.29) is 11.3 Å². The lowest BCUT2D eigenvalue weighted by atomic mass is 9.82. The van der Waals surface area contributed by atoms with Gasteiger partial charge in [-0.2, -0.15) is 0 Å². The summed E-state index contributed by atoms with van der Waals surface area (Å²) in [6.07, 6.45) is 4.73. The highest BCUT2D eigenvalue weighted by Crippen LogP contribution is 2.37. The van der Waals surface area contributed by atoms with E-state index < -0.39 is 5.60 Å². The Morgan fingerprint density at radius 1 is 1.33 bits per heavy atom. The van der Waals surface area contributed by atoms with Crippen LogP contribution in [0.4, 0.5) is 5.82 Å². The van der Waals surface area contributed by atoms with Crippen LogP contribution in [0.25, 0.3) is 0 Å². The van der Waals surface area contributed by atoms with E-state index in [0.717, 1.165) is 38.0 Å². The zero-order chi connectivity index (χ0) is 14.9. The number of hydrogen-bond donors (Lipinski definition) is 1. The van der Waals surface area contributed by atoms with Crippen molar-refractivity contribution in [2.24, 2.45) is 0 Å². The first-order chi connectivity index (χ1) is 10.1. The third kappa shape index (κ3) is 3.15. The number of aromatic nitrogens is 2. The molecule has 0 bridgehead atoms. The van der Waals surface area contributed by atoms with E-state index in [1.807, 2.05) is 6.07 Å². The van der Waals surface area contributed by atoms with E-state index in [9.17, 15) is 5.11 Å². The SMILES string of the molecule is CC1COCCN1c1cc(C2(O)CCCCC2)nc(Cl)n1. The Balaban J connectivity index is 1.92. The molecule has 2 aliphatic rings. The monoisotopic (exact) mass is 311 g/mol. The fraction of sp³-hybridized carbons (Fsp3) is 0.733. The first-order valence-corrected chi connectivity index (χ1v) is 8.08. The molecule has 1 saturated carbocycles. The van der Waals surface area contributed by atoms with Gasteiger partial charge < -0.3 is 14.7 Å². The molecule has 6 heteroatoms. The van der Waals surface area contributed by atoms with Gasteiger partial charge in [0.1, 0.15) is 11.4 Å². The molecule has 2 heterocycles. The molecule has 116 valence electrons. The summed E-state index contributed by atoms with van der Waals surface area (Å²) in [5, 5.41) is 11.1. The average molecular weight is 312 g/mol. The Bertz CT molecular complexity index is 506. The zero-order valence-electron chi connectivity index (χ0n) is 12.4. The van der Waals surface area contributed by atoms with Gasteiger partial charge >= 0.3 is 0 Å². The summed E-state index contributed by atoms with van der Waals surface area (Å²) >= 11 is 6.11. The normalized spacial score (nSPS) is 25.9. The predicted molar refractivity (Wildman–Crippen MR) is 81.7 cm³/mol. The van der Waals surface area contributed by atoms with Crippen LogP contribution in [0.2, 0.25) is 5.28 Å². The fourth-order valence-corrected chi connectivity index (χ4v) is 3.43. The molecule has 0 aromatic carbocycles. The number of nitrogens with zero attached hydrogens (tertiary/aromatic N) is 3. The molecule has 0 spiro atoms. The summed E-state index contributed by atoms with van der Waals surface area (Å²) in [7, 11) is 0. The largest absolute Gasteiger partial charge is 0.384 e. The average Bonchev–Trinajstić information content (AvgIpc) is 2.48. The summed E-state index contributed by atoms with van der Waals surface area (Å²) in [6, 6.07) is 2.15. The second kappa shape index (κ2) is 6.07. The van der Waals surface area contributed by atoms with Crippen molar-refractivity contribution in [2.45, 2.75) is 50.7 Å². The lowest BCUT2D eigenvalue weighted by Crippen LogP contribution is -2.44. The Morgan fingerprint density at radius 3 is 2.81 bits per heavy atom. The summed E-state index contributed by atoms with van der Waals surface area (Å²) in [4.78, 5) is 10.8. The molecule has 1 atom stereocenters. The molecule has 2 fully saturated rings. The number of morpholine rings is 1. The Morgan fingerprint density at radius 2 is 2.10 bits per heavy atom. The number of halogens is 1. The van der Waals surface area contributed by atoms with E-state index in [0.29, 0.717) is 18.9 Å². The first-order valence-electron chi connectivity index (χ1n) is 7.70. The third-order valence-electron chi connectivity index (χ3n) is 4.50. The number of anilines is 1. The molecule has 21 heavy (non-hydrogen) atoms. The zero-order valence-corrected chi connectivity index (χ0v) is 13.1. The van der Waals surface area contributed by atoms with Crippen LogP contribution in [0.5, 0.6) is 0 Å². The van der Waals surface area contributed by atoms with Gasteiger partial charge in [0, 0.05) is 12.6 Å². The van der Waals surface area contributed by atoms with Crippen LogP contribution < -0.4 is 4.90 Å². The van der Waals surface area contributed by atoms with Crippen LogP contribution in [0, 0.1) is 0 Å². The van der Waals surface area contributed by atoms with Gasteiger partial charge in [0.15, 0.2) is 0 Å². The van der Waals surface area contributed by atoms with Crippen molar-refractivity contribution < 1.29 is 9.84 Å². The summed E-state index contributed by atoms with van der Waals surface area (Å²) in [5.74, 6) is 0.791. The van der Waals surface area contributed by atoms with E-state index in [1.165, 1.54) is 6.42 Å². The lowest BCUT2D eigenvalue weighted by Gasteiger charge is -2.36. The molecule has 5 nitrogen and oxygen atoms in total. The third-order valence-corrected chi connectivity index (χ3v) is 4.67. The molecule has 1 aliphatic carbocycles. The molecule has 1 aliphatic heterocycles. The predicted octanol–water partition coefficient (Wildman–Crippen LogP) is 2.51. The first kappa shape index (κ1) is 15.0. The number of hydrogen-bond acceptors (Lipinski definition) is 5. The highest BCUT2D eigenvalue weighted by molar-refractivity contribution is 6.28. The fourth-order valence-electron chi connectivity index (χ4n) is 3.25. The van der Waals surface area contributed by atoms with Crippen molar-refractivity contribution in [3.05, 3.63) is 17.0 Å². The van der Waals surface area contributed by atoms with E-state index in [2.05, 4.69) is 21.8 Å². The summed E-state index contributed by atoms with van der Waals surface area (Å²) < 4.78 is 5.46. The molecule has 0 amide bonds. The minimum absolute atomic E-state index is 0.209. The van der Waals surface area contributed by atoms with Gasteiger partial charge in [0.25, 0.3) is 0 Å². The second-order valence-corrected chi connectivity index (χ2v) is 6.43. The van der Waals surface area contributed by atoms with Crippen molar-refractivity contribution >= 4 is 17.4 Å². The highest BCUT2D eigenvalue weighted by atomic mass is 35.5. The van der Waals surface area contributed by atoms with E-state index in [1.54, 1.807) is 0 Å². The van der Waals surface area contributed by atoms with Gasteiger partial charge in [-0.1, -0.05) is 19.3 Å². The van der Waals surface area contributed by atoms with Gasteiger partial charge in [-0.3, -0.25) is 0 Å². The van der Waals surface area contributed by atoms with Crippen molar-refractivity contribution in [1.29, 1.82) is 0 Å². The molecule has 1 aromatic rings. The Kier molecular flexibility index (Phi) is 4.33. The second-order valence-electron chi connectivity index (χ2n) is 6.09. The topological polar surface area (TPSA) is 58.5 Å². The lowest BCUT2D eigenvalue weighted by molar-refractivity contribution is -0.00473. The number of aliphatic hydroxyl groups is 1. The molecule has 1 aromatic heterocycles. The quantitative estimate of drug-likeness (QED) is 0.850. The maximum Gasteiger partial charge on any atom is 0.224 e. The molecule has 1 N–H and O–H groups in total. The van der Waals surface area contributed by atoms with E-state index in [4.69, 9.17) is 16.3 Å². The van der Waals surface area contributed by atoms with Crippen molar-refractivity contribution in [1.82, 2.24) is 9.97 Å². The van der Waals surface area contributed by atoms with Crippen LogP contribution in [0.3, 0.4) is 0 Å². The van der Waals surface area contributed by atoms with Crippen LogP contribution in [0.15, 0.2) is 6.07 Å². The maximum absolute atomic E-state index is 10.9. The van der Waals surface area contributed by atoms with E-state index >= 15 is 0 Å².